The van der Waals surface area contributed by atoms with E-state index in [0.29, 0.717) is 0 Å². The standard InChI is InChI=1S/C13H8BrF4NO/c14-7-3-8(15)12(9(16)4-7)19-5-6-1-10(17)13(20)11(18)2-6/h1-4,19-20H,5H2. The molecule has 0 amide bonds. The Morgan fingerprint density at radius 2 is 1.40 bits per heavy atom. The zero-order valence-electron chi connectivity index (χ0n) is 9.85. The zero-order chi connectivity index (χ0) is 14.9. The van der Waals surface area contributed by atoms with Gasteiger partial charge in [0.05, 0.1) is 0 Å². The molecule has 0 aliphatic heterocycles. The molecule has 106 valence electrons. The van der Waals surface area contributed by atoms with Gasteiger partial charge in [-0.2, -0.15) is 0 Å². The first kappa shape index (κ1) is 14.6. The fourth-order valence-corrected chi connectivity index (χ4v) is 2.02. The summed E-state index contributed by atoms with van der Waals surface area (Å²) in [6.07, 6.45) is 0. The molecule has 0 saturated carbocycles. The van der Waals surface area contributed by atoms with Gasteiger partial charge in [-0.3, -0.25) is 0 Å². The minimum atomic E-state index is -1.14. The first-order valence-electron chi connectivity index (χ1n) is 5.44. The van der Waals surface area contributed by atoms with Crippen LogP contribution in [0.3, 0.4) is 0 Å². The van der Waals surface area contributed by atoms with Crippen LogP contribution in [0.15, 0.2) is 28.7 Å². The van der Waals surface area contributed by atoms with Gasteiger partial charge in [0.2, 0.25) is 0 Å². The van der Waals surface area contributed by atoms with E-state index in [1.54, 1.807) is 0 Å². The first-order valence-corrected chi connectivity index (χ1v) is 6.23. The van der Waals surface area contributed by atoms with Gasteiger partial charge < -0.3 is 10.4 Å². The van der Waals surface area contributed by atoms with Crippen LogP contribution in [0.4, 0.5) is 23.2 Å². The van der Waals surface area contributed by atoms with E-state index < -0.39 is 34.7 Å². The lowest BCUT2D eigenvalue weighted by Gasteiger charge is -2.10. The molecule has 0 aromatic heterocycles. The van der Waals surface area contributed by atoms with Gasteiger partial charge in [0.1, 0.15) is 17.3 Å². The van der Waals surface area contributed by atoms with Gasteiger partial charge in [0.15, 0.2) is 17.4 Å². The highest BCUT2D eigenvalue weighted by molar-refractivity contribution is 9.10. The van der Waals surface area contributed by atoms with Crippen LogP contribution in [0, 0.1) is 23.3 Å². The number of hydrogen-bond acceptors (Lipinski definition) is 2. The Hall–Kier alpha value is -1.76. The lowest BCUT2D eigenvalue weighted by molar-refractivity contribution is 0.395. The van der Waals surface area contributed by atoms with Crippen LogP contribution in [0.25, 0.3) is 0 Å². The lowest BCUT2D eigenvalue weighted by atomic mass is 10.2. The summed E-state index contributed by atoms with van der Waals surface area (Å²) in [6.45, 7) is -0.205. The second-order valence-electron chi connectivity index (χ2n) is 4.01. The molecular formula is C13H8BrF4NO. The molecule has 20 heavy (non-hydrogen) atoms. The Labute approximate surface area is 120 Å². The maximum Gasteiger partial charge on any atom is 0.187 e. The summed E-state index contributed by atoms with van der Waals surface area (Å²) in [5, 5.41) is 11.4. The van der Waals surface area contributed by atoms with Crippen LogP contribution in [-0.4, -0.2) is 5.11 Å². The van der Waals surface area contributed by atoms with Crippen LogP contribution in [0.2, 0.25) is 0 Å². The van der Waals surface area contributed by atoms with Crippen molar-refractivity contribution < 1.29 is 22.7 Å². The summed E-state index contributed by atoms with van der Waals surface area (Å²) < 4.78 is 53.5. The molecule has 2 aromatic carbocycles. The number of halogens is 5. The molecule has 0 bridgehead atoms. The number of phenolic OH excluding ortho intramolecular Hbond substituents is 1. The maximum absolute atomic E-state index is 13.5. The van der Waals surface area contributed by atoms with Gasteiger partial charge in [-0.1, -0.05) is 15.9 Å². The monoisotopic (exact) mass is 349 g/mol. The maximum atomic E-state index is 13.5. The zero-order valence-corrected chi connectivity index (χ0v) is 11.4. The minimum absolute atomic E-state index is 0.0968. The van der Waals surface area contributed by atoms with Crippen molar-refractivity contribution in [3.05, 3.63) is 57.6 Å². The van der Waals surface area contributed by atoms with Crippen molar-refractivity contribution in [1.29, 1.82) is 0 Å². The summed E-state index contributed by atoms with van der Waals surface area (Å²) in [6, 6.07) is 3.87. The quantitative estimate of drug-likeness (QED) is 0.808. The van der Waals surface area contributed by atoms with Gasteiger partial charge in [-0.25, -0.2) is 17.6 Å². The molecule has 0 unspecified atom stereocenters. The predicted molar refractivity (Wildman–Crippen MR) is 69.4 cm³/mol. The van der Waals surface area contributed by atoms with Crippen molar-refractivity contribution in [3.8, 4) is 5.75 Å². The number of phenols is 1. The Bertz CT molecular complexity index is 617. The molecule has 0 saturated heterocycles. The Morgan fingerprint density at radius 3 is 1.90 bits per heavy atom. The molecule has 0 atom stereocenters. The van der Waals surface area contributed by atoms with E-state index in [-0.39, 0.29) is 16.6 Å². The summed E-state index contributed by atoms with van der Waals surface area (Å²) in [7, 11) is 0. The molecule has 2 aromatic rings. The van der Waals surface area contributed by atoms with Crippen LogP contribution in [0.1, 0.15) is 5.56 Å². The highest BCUT2D eigenvalue weighted by Gasteiger charge is 2.12. The number of aromatic hydroxyl groups is 1. The number of benzene rings is 2. The molecule has 2 N–H and O–H groups in total. The fraction of sp³-hybridized carbons (Fsp3) is 0.0769. The molecule has 0 spiro atoms. The minimum Gasteiger partial charge on any atom is -0.503 e. The smallest absolute Gasteiger partial charge is 0.187 e. The van der Waals surface area contributed by atoms with Gasteiger partial charge in [0, 0.05) is 11.0 Å². The molecule has 0 aliphatic carbocycles. The van der Waals surface area contributed by atoms with Crippen molar-refractivity contribution in [2.24, 2.45) is 0 Å². The third-order valence-corrected chi connectivity index (χ3v) is 3.01. The van der Waals surface area contributed by atoms with Crippen molar-refractivity contribution >= 4 is 21.6 Å². The number of nitrogens with one attached hydrogen (secondary N) is 1. The normalized spacial score (nSPS) is 10.7. The van der Waals surface area contributed by atoms with Crippen molar-refractivity contribution in [2.75, 3.05) is 5.32 Å². The molecule has 2 nitrogen and oxygen atoms in total. The van der Waals surface area contributed by atoms with E-state index in [9.17, 15) is 17.6 Å². The van der Waals surface area contributed by atoms with Crippen LogP contribution < -0.4 is 5.32 Å². The van der Waals surface area contributed by atoms with Gasteiger partial charge in [0.25, 0.3) is 0 Å². The Kier molecular flexibility index (Phi) is 4.17. The number of anilines is 1. The van der Waals surface area contributed by atoms with Crippen molar-refractivity contribution in [2.45, 2.75) is 6.54 Å². The third kappa shape index (κ3) is 3.04. The van der Waals surface area contributed by atoms with Crippen molar-refractivity contribution in [1.82, 2.24) is 0 Å². The summed E-state index contributed by atoms with van der Waals surface area (Å²) >= 11 is 2.94. The SMILES string of the molecule is Oc1c(F)cc(CNc2c(F)cc(Br)cc2F)cc1F. The lowest BCUT2D eigenvalue weighted by Crippen LogP contribution is -2.05. The average Bonchev–Trinajstić information content (AvgIpc) is 2.34. The average molecular weight is 350 g/mol. The molecule has 0 fully saturated rings. The van der Waals surface area contributed by atoms with Crippen LogP contribution in [-0.2, 0) is 6.54 Å². The second-order valence-corrected chi connectivity index (χ2v) is 4.92. The molecule has 0 heterocycles. The second kappa shape index (κ2) is 5.70. The van der Waals surface area contributed by atoms with E-state index >= 15 is 0 Å². The number of hydrogen-bond donors (Lipinski definition) is 2. The summed E-state index contributed by atoms with van der Waals surface area (Å²) in [5.41, 5.74) is -0.304. The number of rotatable bonds is 3. The van der Waals surface area contributed by atoms with E-state index in [1.165, 1.54) is 0 Å². The highest BCUT2D eigenvalue weighted by Crippen LogP contribution is 2.25. The summed E-state index contributed by atoms with van der Waals surface area (Å²) in [5.74, 6) is -5.04. The third-order valence-electron chi connectivity index (χ3n) is 2.55. The largest absolute Gasteiger partial charge is 0.503 e. The van der Waals surface area contributed by atoms with Gasteiger partial charge in [-0.05, 0) is 29.8 Å². The highest BCUT2D eigenvalue weighted by atomic mass is 79.9. The van der Waals surface area contributed by atoms with E-state index in [2.05, 4.69) is 21.2 Å². The van der Waals surface area contributed by atoms with Crippen LogP contribution >= 0.6 is 15.9 Å². The van der Waals surface area contributed by atoms with E-state index in [1.807, 2.05) is 0 Å². The Morgan fingerprint density at radius 1 is 0.900 bits per heavy atom. The van der Waals surface area contributed by atoms with Crippen LogP contribution in [0.5, 0.6) is 5.75 Å². The van der Waals surface area contributed by atoms with Crippen molar-refractivity contribution in [3.63, 3.8) is 0 Å². The van der Waals surface area contributed by atoms with Gasteiger partial charge in [-0.15, -0.1) is 0 Å². The predicted octanol–water partition coefficient (Wildman–Crippen LogP) is 4.32. The molecular weight excluding hydrogens is 342 g/mol. The van der Waals surface area contributed by atoms with E-state index in [0.717, 1.165) is 24.3 Å². The van der Waals surface area contributed by atoms with Gasteiger partial charge >= 0.3 is 0 Å². The molecule has 7 heteroatoms. The Balaban J connectivity index is 2.21. The fourth-order valence-electron chi connectivity index (χ4n) is 1.62. The summed E-state index contributed by atoms with van der Waals surface area (Å²) in [4.78, 5) is 0. The first-order chi connectivity index (χ1) is 9.38. The molecule has 0 radical (unpaired) electrons. The van der Waals surface area contributed by atoms with E-state index in [4.69, 9.17) is 5.11 Å². The topological polar surface area (TPSA) is 32.3 Å². The molecule has 2 rings (SSSR count). The molecule has 0 aliphatic rings.